The van der Waals surface area contributed by atoms with Gasteiger partial charge in [0.05, 0.1) is 5.92 Å². The quantitative estimate of drug-likeness (QED) is 0.840. The number of pyridine rings is 1. The van der Waals surface area contributed by atoms with E-state index in [-0.39, 0.29) is 11.8 Å². The first kappa shape index (κ1) is 18.9. The third-order valence-electron chi connectivity index (χ3n) is 5.79. The highest BCUT2D eigenvalue weighted by atomic mass is 16.5. The number of likely N-dealkylation sites (tertiary alicyclic amines) is 1. The summed E-state index contributed by atoms with van der Waals surface area (Å²) in [4.78, 5) is 25.8. The second kappa shape index (κ2) is 8.68. The fraction of sp³-hybridized carbons (Fsp3) is 0.600. The Labute approximate surface area is 165 Å². The molecule has 0 bridgehead atoms. The molecule has 1 N–H and O–H groups in total. The van der Waals surface area contributed by atoms with E-state index in [4.69, 9.17) is 4.52 Å². The summed E-state index contributed by atoms with van der Waals surface area (Å²) in [7, 11) is 0. The number of hydrogen-bond acceptors (Lipinski definition) is 7. The Bertz CT molecular complexity index is 772. The summed E-state index contributed by atoms with van der Waals surface area (Å²) in [6.45, 7) is 6.15. The highest BCUT2D eigenvalue weighted by Crippen LogP contribution is 2.25. The fourth-order valence-corrected chi connectivity index (χ4v) is 4.24. The minimum Gasteiger partial charge on any atom is -0.352 e. The lowest BCUT2D eigenvalue weighted by molar-refractivity contribution is -0.127. The lowest BCUT2D eigenvalue weighted by atomic mass is 9.93. The number of amides is 1. The average Bonchev–Trinajstić information content (AvgIpc) is 3.19. The largest absolute Gasteiger partial charge is 0.352 e. The number of nitrogens with one attached hydrogen (secondary N) is 1. The molecular weight excluding hydrogens is 356 g/mol. The first-order valence-corrected chi connectivity index (χ1v) is 10.1. The molecule has 2 aromatic heterocycles. The molecule has 2 saturated heterocycles. The fourth-order valence-electron chi connectivity index (χ4n) is 4.24. The molecule has 0 aliphatic carbocycles. The maximum absolute atomic E-state index is 12.6. The molecule has 1 amide bonds. The van der Waals surface area contributed by atoms with Crippen LogP contribution in [-0.4, -0.2) is 58.2 Å². The van der Waals surface area contributed by atoms with Gasteiger partial charge in [-0.1, -0.05) is 6.07 Å². The highest BCUT2D eigenvalue weighted by Gasteiger charge is 2.32. The second-order valence-corrected chi connectivity index (χ2v) is 7.74. The van der Waals surface area contributed by atoms with Crippen LogP contribution in [0.3, 0.4) is 0 Å². The molecule has 0 saturated carbocycles. The van der Waals surface area contributed by atoms with E-state index in [1.807, 2.05) is 19.1 Å². The van der Waals surface area contributed by atoms with E-state index in [9.17, 15) is 4.79 Å². The van der Waals surface area contributed by atoms with Gasteiger partial charge >= 0.3 is 0 Å². The zero-order chi connectivity index (χ0) is 19.3. The molecule has 2 fully saturated rings. The first-order chi connectivity index (χ1) is 13.7. The third-order valence-corrected chi connectivity index (χ3v) is 5.79. The van der Waals surface area contributed by atoms with E-state index in [1.165, 1.54) is 0 Å². The van der Waals surface area contributed by atoms with Gasteiger partial charge < -0.3 is 14.7 Å². The zero-order valence-corrected chi connectivity index (χ0v) is 16.4. The molecule has 1 atom stereocenters. The third kappa shape index (κ3) is 4.49. The van der Waals surface area contributed by atoms with Crippen molar-refractivity contribution >= 4 is 11.9 Å². The van der Waals surface area contributed by atoms with Gasteiger partial charge in [0.25, 0.3) is 5.95 Å². The van der Waals surface area contributed by atoms with Crippen LogP contribution in [-0.2, 0) is 11.3 Å². The molecule has 150 valence electrons. The van der Waals surface area contributed by atoms with Crippen molar-refractivity contribution in [2.75, 3.05) is 31.1 Å². The Balaban J connectivity index is 1.26. The topological polar surface area (TPSA) is 87.4 Å². The van der Waals surface area contributed by atoms with Gasteiger partial charge in [0.15, 0.2) is 0 Å². The summed E-state index contributed by atoms with van der Waals surface area (Å²) in [6, 6.07) is 4.41. The van der Waals surface area contributed by atoms with E-state index >= 15 is 0 Å². The summed E-state index contributed by atoms with van der Waals surface area (Å²) < 4.78 is 5.09. The molecule has 4 rings (SSSR count). The van der Waals surface area contributed by atoms with E-state index in [0.29, 0.717) is 24.4 Å². The van der Waals surface area contributed by atoms with Gasteiger partial charge in [-0.15, -0.1) is 0 Å². The van der Waals surface area contributed by atoms with Crippen LogP contribution >= 0.6 is 0 Å². The Morgan fingerprint density at radius 1 is 1.29 bits per heavy atom. The van der Waals surface area contributed by atoms with E-state index in [2.05, 4.69) is 30.2 Å². The van der Waals surface area contributed by atoms with E-state index in [1.54, 1.807) is 12.4 Å². The Kier molecular flexibility index (Phi) is 5.85. The molecule has 0 radical (unpaired) electrons. The number of aryl methyl sites for hydroxylation is 1. The Morgan fingerprint density at radius 2 is 2.14 bits per heavy atom. The molecule has 8 heteroatoms. The van der Waals surface area contributed by atoms with Crippen LogP contribution in [0.5, 0.6) is 0 Å². The molecule has 0 aromatic carbocycles. The van der Waals surface area contributed by atoms with Gasteiger partial charge in [0.2, 0.25) is 11.8 Å². The SMILES string of the molecule is Cc1nc(N2CCC(N3CCCC(C(=O)NCc4cccnc4)C3)CC2)no1. The number of carbonyl (C=O) groups is 1. The minimum absolute atomic E-state index is 0.0725. The highest BCUT2D eigenvalue weighted by molar-refractivity contribution is 5.78. The maximum Gasteiger partial charge on any atom is 0.266 e. The lowest BCUT2D eigenvalue weighted by Gasteiger charge is -2.41. The molecule has 2 aromatic rings. The van der Waals surface area contributed by atoms with Crippen molar-refractivity contribution in [3.8, 4) is 0 Å². The van der Waals surface area contributed by atoms with Gasteiger partial charge in [-0.2, -0.15) is 4.98 Å². The van der Waals surface area contributed by atoms with Crippen LogP contribution in [0, 0.1) is 12.8 Å². The zero-order valence-electron chi connectivity index (χ0n) is 16.4. The molecule has 4 heterocycles. The van der Waals surface area contributed by atoms with Crippen LogP contribution < -0.4 is 10.2 Å². The number of anilines is 1. The predicted octanol–water partition coefficient (Wildman–Crippen LogP) is 1.77. The Morgan fingerprint density at radius 3 is 2.86 bits per heavy atom. The van der Waals surface area contributed by atoms with Crippen molar-refractivity contribution in [1.82, 2.24) is 25.3 Å². The number of aromatic nitrogens is 3. The van der Waals surface area contributed by atoms with Crippen LogP contribution in [0.4, 0.5) is 5.95 Å². The van der Waals surface area contributed by atoms with Gasteiger partial charge in [-0.25, -0.2) is 0 Å². The van der Waals surface area contributed by atoms with Gasteiger partial charge in [-0.05, 0) is 49.0 Å². The van der Waals surface area contributed by atoms with Crippen molar-refractivity contribution < 1.29 is 9.32 Å². The molecule has 1 unspecified atom stereocenters. The van der Waals surface area contributed by atoms with E-state index in [0.717, 1.165) is 57.4 Å². The minimum atomic E-state index is 0.0725. The van der Waals surface area contributed by atoms with Crippen LogP contribution in [0.25, 0.3) is 0 Å². The molecule has 0 spiro atoms. The second-order valence-electron chi connectivity index (χ2n) is 7.74. The van der Waals surface area contributed by atoms with E-state index < -0.39 is 0 Å². The van der Waals surface area contributed by atoms with Gasteiger partial charge in [-0.3, -0.25) is 14.7 Å². The van der Waals surface area contributed by atoms with Crippen molar-refractivity contribution in [3.05, 3.63) is 36.0 Å². The van der Waals surface area contributed by atoms with Crippen molar-refractivity contribution in [2.24, 2.45) is 5.92 Å². The normalized spacial score (nSPS) is 21.6. The summed E-state index contributed by atoms with van der Waals surface area (Å²) in [5, 5.41) is 7.11. The van der Waals surface area contributed by atoms with Crippen molar-refractivity contribution in [1.29, 1.82) is 0 Å². The average molecular weight is 384 g/mol. The van der Waals surface area contributed by atoms with Crippen LogP contribution in [0.1, 0.15) is 37.1 Å². The molecule has 28 heavy (non-hydrogen) atoms. The van der Waals surface area contributed by atoms with Gasteiger partial charge in [0, 0.05) is 51.5 Å². The number of hydrogen-bond donors (Lipinski definition) is 1. The molecular formula is C20H28N6O2. The van der Waals surface area contributed by atoms with Crippen LogP contribution in [0.2, 0.25) is 0 Å². The number of carbonyl (C=O) groups excluding carboxylic acids is 1. The molecule has 2 aliphatic rings. The Hall–Kier alpha value is -2.48. The smallest absolute Gasteiger partial charge is 0.266 e. The standard InChI is InChI=1S/C20H28N6O2/c1-15-23-20(24-28-15)25-10-6-18(7-11-25)26-9-3-5-17(14-26)19(27)22-13-16-4-2-8-21-12-16/h2,4,8,12,17-18H,3,5-7,9-11,13-14H2,1H3,(H,22,27). The summed E-state index contributed by atoms with van der Waals surface area (Å²) >= 11 is 0. The number of nitrogens with zero attached hydrogens (tertiary/aromatic N) is 5. The molecule has 8 nitrogen and oxygen atoms in total. The van der Waals surface area contributed by atoms with Gasteiger partial charge in [0.1, 0.15) is 0 Å². The van der Waals surface area contributed by atoms with Crippen molar-refractivity contribution in [2.45, 2.75) is 45.2 Å². The monoisotopic (exact) mass is 384 g/mol. The number of piperidine rings is 2. The first-order valence-electron chi connectivity index (χ1n) is 10.1. The maximum atomic E-state index is 12.6. The summed E-state index contributed by atoms with van der Waals surface area (Å²) in [6.07, 6.45) is 7.72. The summed E-state index contributed by atoms with van der Waals surface area (Å²) in [5.74, 6) is 1.53. The molecule has 2 aliphatic heterocycles. The summed E-state index contributed by atoms with van der Waals surface area (Å²) in [5.41, 5.74) is 1.03. The lowest BCUT2D eigenvalue weighted by Crippen LogP contribution is -2.51. The van der Waals surface area contributed by atoms with Crippen LogP contribution in [0.15, 0.2) is 29.0 Å². The van der Waals surface area contributed by atoms with Crippen molar-refractivity contribution in [3.63, 3.8) is 0 Å². The number of rotatable bonds is 5. The predicted molar refractivity (Wildman–Crippen MR) is 105 cm³/mol.